The Kier molecular flexibility index (Phi) is 6.34. The van der Waals surface area contributed by atoms with Crippen LogP contribution in [0, 0.1) is 0 Å². The zero-order valence-electron chi connectivity index (χ0n) is 15.2. The summed E-state index contributed by atoms with van der Waals surface area (Å²) in [5, 5.41) is 12.1. The third-order valence-corrected chi connectivity index (χ3v) is 4.73. The van der Waals surface area contributed by atoms with Gasteiger partial charge in [0.1, 0.15) is 5.75 Å². The van der Waals surface area contributed by atoms with Gasteiger partial charge in [0, 0.05) is 10.6 Å². The van der Waals surface area contributed by atoms with Crippen LogP contribution in [0.1, 0.15) is 10.4 Å². The number of benzene rings is 3. The fourth-order valence-corrected chi connectivity index (χ4v) is 3.02. The molecule has 0 fully saturated rings. The molecule has 2 N–H and O–H groups in total. The maximum absolute atomic E-state index is 12.2. The van der Waals surface area contributed by atoms with Gasteiger partial charge in [0.05, 0.1) is 5.56 Å². The first-order valence-electron chi connectivity index (χ1n) is 8.55. The third kappa shape index (κ3) is 5.14. The van der Waals surface area contributed by atoms with E-state index >= 15 is 0 Å². The molecule has 0 spiro atoms. The molecule has 28 heavy (non-hydrogen) atoms. The molecule has 0 radical (unpaired) electrons. The number of carbonyl (C=O) groups is 2. The van der Waals surface area contributed by atoms with E-state index in [1.807, 2.05) is 24.5 Å². The number of esters is 1. The first-order chi connectivity index (χ1) is 13.5. The number of amides is 1. The van der Waals surface area contributed by atoms with Crippen LogP contribution in [0.4, 0.5) is 5.69 Å². The number of anilines is 1. The number of carbonyl (C=O) groups excluding carboxylic acids is 2. The van der Waals surface area contributed by atoms with Gasteiger partial charge in [-0.1, -0.05) is 30.3 Å². The molecule has 3 rings (SSSR count). The summed E-state index contributed by atoms with van der Waals surface area (Å²) in [5.41, 5.74) is 2.85. The van der Waals surface area contributed by atoms with Crippen molar-refractivity contribution in [3.63, 3.8) is 0 Å². The van der Waals surface area contributed by atoms with Crippen LogP contribution in [0.3, 0.4) is 0 Å². The van der Waals surface area contributed by atoms with E-state index in [0.717, 1.165) is 16.0 Å². The van der Waals surface area contributed by atoms with E-state index in [1.165, 1.54) is 0 Å². The average molecular weight is 393 g/mol. The van der Waals surface area contributed by atoms with E-state index < -0.39 is 11.9 Å². The summed E-state index contributed by atoms with van der Waals surface area (Å²) in [6.07, 6.45) is 1.95. The molecule has 0 atom stereocenters. The van der Waals surface area contributed by atoms with Crippen molar-refractivity contribution in [3.05, 3.63) is 78.4 Å². The summed E-state index contributed by atoms with van der Waals surface area (Å²) in [6.45, 7) is -0.359. The standard InChI is InChI=1S/C22H19NO4S/c1-28-20-4-2-3-18(13-20)23-21(25)14-27-22(26)17-7-5-15(6-8-17)16-9-11-19(24)12-10-16/h2-13,24H,14H2,1H3,(H,23,25). The van der Waals surface area contributed by atoms with Crippen LogP contribution in [0.2, 0.25) is 0 Å². The van der Waals surface area contributed by atoms with Gasteiger partial charge in [0.25, 0.3) is 5.91 Å². The van der Waals surface area contributed by atoms with Crippen molar-refractivity contribution in [1.82, 2.24) is 0 Å². The van der Waals surface area contributed by atoms with Gasteiger partial charge < -0.3 is 15.2 Å². The minimum absolute atomic E-state index is 0.197. The second-order valence-electron chi connectivity index (χ2n) is 5.98. The van der Waals surface area contributed by atoms with Crippen LogP contribution in [0.15, 0.2) is 77.7 Å². The molecule has 142 valence electrons. The summed E-state index contributed by atoms with van der Waals surface area (Å²) in [6, 6.07) is 21.1. The largest absolute Gasteiger partial charge is 0.508 e. The van der Waals surface area contributed by atoms with Crippen molar-refractivity contribution in [3.8, 4) is 16.9 Å². The SMILES string of the molecule is CSc1cccc(NC(=O)COC(=O)c2ccc(-c3ccc(O)cc3)cc2)c1. The molecule has 0 heterocycles. The third-order valence-electron chi connectivity index (χ3n) is 4.01. The fraction of sp³-hybridized carbons (Fsp3) is 0.0909. The molecule has 0 aliphatic rings. The van der Waals surface area contributed by atoms with E-state index in [0.29, 0.717) is 11.3 Å². The summed E-state index contributed by atoms with van der Waals surface area (Å²) in [7, 11) is 0. The minimum Gasteiger partial charge on any atom is -0.508 e. The number of phenols is 1. The lowest BCUT2D eigenvalue weighted by molar-refractivity contribution is -0.119. The smallest absolute Gasteiger partial charge is 0.338 e. The van der Waals surface area contributed by atoms with Crippen molar-refractivity contribution in [1.29, 1.82) is 0 Å². The van der Waals surface area contributed by atoms with Gasteiger partial charge in [-0.3, -0.25) is 4.79 Å². The Bertz CT molecular complexity index is 969. The van der Waals surface area contributed by atoms with Crippen LogP contribution >= 0.6 is 11.8 Å². The molecule has 0 bridgehead atoms. The highest BCUT2D eigenvalue weighted by Crippen LogP contribution is 2.22. The molecular weight excluding hydrogens is 374 g/mol. The molecule has 0 unspecified atom stereocenters. The first kappa shape index (κ1) is 19.5. The van der Waals surface area contributed by atoms with Crippen LogP contribution in [0.5, 0.6) is 5.75 Å². The zero-order chi connectivity index (χ0) is 19.9. The van der Waals surface area contributed by atoms with Gasteiger partial charge >= 0.3 is 5.97 Å². The van der Waals surface area contributed by atoms with Crippen molar-refractivity contribution in [2.24, 2.45) is 0 Å². The predicted octanol–water partition coefficient (Wildman–Crippen LogP) is 4.58. The Morgan fingerprint density at radius 1 is 0.964 bits per heavy atom. The molecule has 0 aliphatic heterocycles. The highest BCUT2D eigenvalue weighted by Gasteiger charge is 2.11. The van der Waals surface area contributed by atoms with Gasteiger partial charge in [-0.05, 0) is 59.8 Å². The number of thioether (sulfide) groups is 1. The highest BCUT2D eigenvalue weighted by molar-refractivity contribution is 7.98. The van der Waals surface area contributed by atoms with Crippen molar-refractivity contribution in [2.45, 2.75) is 4.90 Å². The zero-order valence-corrected chi connectivity index (χ0v) is 16.0. The number of rotatable bonds is 6. The van der Waals surface area contributed by atoms with Crippen molar-refractivity contribution < 1.29 is 19.4 Å². The number of ether oxygens (including phenoxy) is 1. The van der Waals surface area contributed by atoms with Crippen molar-refractivity contribution >= 4 is 29.3 Å². The topological polar surface area (TPSA) is 75.6 Å². The van der Waals surface area contributed by atoms with Gasteiger partial charge in [0.2, 0.25) is 0 Å². The Morgan fingerprint density at radius 3 is 2.25 bits per heavy atom. The van der Waals surface area contributed by atoms with Crippen LogP contribution in [0.25, 0.3) is 11.1 Å². The molecule has 0 saturated heterocycles. The van der Waals surface area contributed by atoms with Gasteiger partial charge in [0.15, 0.2) is 6.61 Å². The monoisotopic (exact) mass is 393 g/mol. The van der Waals surface area contributed by atoms with Gasteiger partial charge in [-0.25, -0.2) is 4.79 Å². The number of aromatic hydroxyl groups is 1. The summed E-state index contributed by atoms with van der Waals surface area (Å²) < 4.78 is 5.09. The molecule has 5 nitrogen and oxygen atoms in total. The highest BCUT2D eigenvalue weighted by atomic mass is 32.2. The second kappa shape index (κ2) is 9.10. The minimum atomic E-state index is -0.565. The Balaban J connectivity index is 1.55. The van der Waals surface area contributed by atoms with Crippen molar-refractivity contribution in [2.75, 3.05) is 18.2 Å². The average Bonchev–Trinajstić information content (AvgIpc) is 2.73. The van der Waals surface area contributed by atoms with E-state index in [2.05, 4.69) is 5.32 Å². The van der Waals surface area contributed by atoms with E-state index in [9.17, 15) is 14.7 Å². The quantitative estimate of drug-likeness (QED) is 0.474. The molecule has 0 saturated carbocycles. The number of hydrogen-bond donors (Lipinski definition) is 2. The molecule has 6 heteroatoms. The van der Waals surface area contributed by atoms with Crippen LogP contribution in [-0.4, -0.2) is 29.8 Å². The number of hydrogen-bond acceptors (Lipinski definition) is 5. The van der Waals surface area contributed by atoms with Crippen LogP contribution in [-0.2, 0) is 9.53 Å². The Labute approximate surface area is 167 Å². The first-order valence-corrected chi connectivity index (χ1v) is 9.78. The van der Waals surface area contributed by atoms with E-state index in [4.69, 9.17) is 4.74 Å². The van der Waals surface area contributed by atoms with Gasteiger partial charge in [-0.15, -0.1) is 11.8 Å². The van der Waals surface area contributed by atoms with Gasteiger partial charge in [-0.2, -0.15) is 0 Å². The Morgan fingerprint density at radius 2 is 1.61 bits per heavy atom. The van der Waals surface area contributed by atoms with E-state index in [-0.39, 0.29) is 12.4 Å². The molecule has 3 aromatic rings. The summed E-state index contributed by atoms with van der Waals surface area (Å²) in [5.74, 6) is -0.764. The maximum Gasteiger partial charge on any atom is 0.338 e. The number of nitrogens with one attached hydrogen (secondary N) is 1. The normalized spacial score (nSPS) is 10.3. The Hall–Kier alpha value is -3.25. The van der Waals surface area contributed by atoms with E-state index in [1.54, 1.807) is 66.4 Å². The summed E-state index contributed by atoms with van der Waals surface area (Å²) >= 11 is 1.58. The maximum atomic E-state index is 12.2. The fourth-order valence-electron chi connectivity index (χ4n) is 2.56. The molecular formula is C22H19NO4S. The molecule has 0 aliphatic carbocycles. The lowest BCUT2D eigenvalue weighted by Crippen LogP contribution is -2.20. The second-order valence-corrected chi connectivity index (χ2v) is 6.86. The summed E-state index contributed by atoms with van der Waals surface area (Å²) in [4.78, 5) is 25.2. The molecule has 3 aromatic carbocycles. The lowest BCUT2D eigenvalue weighted by atomic mass is 10.0. The molecule has 1 amide bonds. The lowest BCUT2D eigenvalue weighted by Gasteiger charge is -2.08. The molecule has 0 aromatic heterocycles. The predicted molar refractivity (Wildman–Crippen MR) is 111 cm³/mol. The number of phenolic OH excluding ortho intramolecular Hbond substituents is 1. The van der Waals surface area contributed by atoms with Crippen LogP contribution < -0.4 is 5.32 Å².